The van der Waals surface area contributed by atoms with Gasteiger partial charge in [-0.05, 0) is 40.6 Å². The number of carbonyl (C=O) groups is 1. The lowest BCUT2D eigenvalue weighted by Crippen LogP contribution is -2.25. The minimum absolute atomic E-state index is 0.0934. The van der Waals surface area contributed by atoms with Crippen LogP contribution in [0.2, 0.25) is 0 Å². The summed E-state index contributed by atoms with van der Waals surface area (Å²) < 4.78 is 3.05. The number of rotatable bonds is 8. The molecule has 2 aromatic heterocycles. The van der Waals surface area contributed by atoms with E-state index in [0.29, 0.717) is 18.2 Å². The van der Waals surface area contributed by atoms with Crippen LogP contribution in [0.5, 0.6) is 0 Å². The Balaban J connectivity index is 1.84. The van der Waals surface area contributed by atoms with Gasteiger partial charge >= 0.3 is 0 Å². The number of hydrogen-bond donors (Lipinski definition) is 2. The molecule has 126 valence electrons. The average Bonchev–Trinajstić information content (AvgIpc) is 3.09. The van der Waals surface area contributed by atoms with Crippen molar-refractivity contribution < 1.29 is 4.79 Å². The van der Waals surface area contributed by atoms with Crippen LogP contribution in [0.1, 0.15) is 36.6 Å². The first-order chi connectivity index (χ1) is 11.0. The van der Waals surface area contributed by atoms with Gasteiger partial charge in [0, 0.05) is 30.2 Å². The molecular weight excluding hydrogens is 378 g/mol. The van der Waals surface area contributed by atoms with Crippen molar-refractivity contribution in [1.82, 2.24) is 25.1 Å². The zero-order valence-corrected chi connectivity index (χ0v) is 16.0. The Bertz CT molecular complexity index is 652. The highest BCUT2D eigenvalue weighted by molar-refractivity contribution is 9.10. The van der Waals surface area contributed by atoms with Gasteiger partial charge in [0.15, 0.2) is 5.16 Å². The molecule has 0 saturated carbocycles. The zero-order chi connectivity index (χ0) is 16.8. The van der Waals surface area contributed by atoms with Crippen molar-refractivity contribution in [1.29, 1.82) is 0 Å². The molecule has 0 radical (unpaired) electrons. The second-order valence-corrected chi connectivity index (χ2v) is 7.39. The van der Waals surface area contributed by atoms with E-state index in [1.165, 1.54) is 0 Å². The van der Waals surface area contributed by atoms with E-state index in [1.54, 1.807) is 24.0 Å². The third-order valence-corrected chi connectivity index (χ3v) is 4.40. The zero-order valence-electron chi connectivity index (χ0n) is 13.6. The number of thioether (sulfide) groups is 1. The standard InChI is InChI=1S/C15H22BrN5OS/c1-10(2)9-21-13(19-20-15(21)23-3)5-4-6-17-14(22)12-7-11(16)8-18-12/h7-8,10,18H,4-6,9H2,1-3H3,(H,17,22). The van der Waals surface area contributed by atoms with Crippen LogP contribution in [-0.4, -0.2) is 38.5 Å². The molecule has 8 heteroatoms. The van der Waals surface area contributed by atoms with E-state index < -0.39 is 0 Å². The Morgan fingerprint density at radius 1 is 1.48 bits per heavy atom. The monoisotopic (exact) mass is 399 g/mol. The quantitative estimate of drug-likeness (QED) is 0.528. The lowest BCUT2D eigenvalue weighted by atomic mass is 10.2. The first kappa shape index (κ1) is 18.1. The van der Waals surface area contributed by atoms with Crippen LogP contribution in [0.4, 0.5) is 0 Å². The molecule has 0 bridgehead atoms. The number of carbonyl (C=O) groups excluding carboxylic acids is 1. The summed E-state index contributed by atoms with van der Waals surface area (Å²) in [5.74, 6) is 1.44. The van der Waals surface area contributed by atoms with Crippen molar-refractivity contribution in [3.05, 3.63) is 28.3 Å². The molecule has 0 aliphatic rings. The molecule has 0 aliphatic heterocycles. The number of aromatic amines is 1. The van der Waals surface area contributed by atoms with Crippen LogP contribution in [0.3, 0.4) is 0 Å². The Kier molecular flexibility index (Phi) is 6.71. The summed E-state index contributed by atoms with van der Waals surface area (Å²) in [6.45, 7) is 5.89. The molecule has 2 rings (SSSR count). The Hall–Kier alpha value is -1.28. The molecule has 0 aromatic carbocycles. The summed E-state index contributed by atoms with van der Waals surface area (Å²) in [5.41, 5.74) is 0.560. The highest BCUT2D eigenvalue weighted by Crippen LogP contribution is 2.16. The fraction of sp³-hybridized carbons (Fsp3) is 0.533. The van der Waals surface area contributed by atoms with Crippen molar-refractivity contribution in [2.45, 2.75) is 38.4 Å². The molecule has 2 heterocycles. The van der Waals surface area contributed by atoms with Gasteiger partial charge in [-0.3, -0.25) is 4.79 Å². The number of amides is 1. The number of H-pyrrole nitrogens is 1. The van der Waals surface area contributed by atoms with Gasteiger partial charge in [0.25, 0.3) is 5.91 Å². The number of hydrogen-bond acceptors (Lipinski definition) is 4. The highest BCUT2D eigenvalue weighted by Gasteiger charge is 2.13. The van der Waals surface area contributed by atoms with Gasteiger partial charge in [0.05, 0.1) is 0 Å². The predicted octanol–water partition coefficient (Wildman–Crippen LogP) is 3.11. The Morgan fingerprint density at radius 3 is 2.87 bits per heavy atom. The number of aromatic nitrogens is 4. The first-order valence-electron chi connectivity index (χ1n) is 7.59. The maximum absolute atomic E-state index is 11.9. The number of nitrogens with zero attached hydrogens (tertiary/aromatic N) is 3. The van der Waals surface area contributed by atoms with Gasteiger partial charge in [-0.1, -0.05) is 25.6 Å². The SMILES string of the molecule is CSc1nnc(CCCNC(=O)c2cc(Br)c[nH]2)n1CC(C)C. The van der Waals surface area contributed by atoms with Gasteiger partial charge in [-0.15, -0.1) is 10.2 Å². The molecule has 0 saturated heterocycles. The number of nitrogens with one attached hydrogen (secondary N) is 2. The molecule has 2 N–H and O–H groups in total. The second-order valence-electron chi connectivity index (χ2n) is 5.70. The van der Waals surface area contributed by atoms with Crippen molar-refractivity contribution in [2.24, 2.45) is 5.92 Å². The van der Waals surface area contributed by atoms with E-state index >= 15 is 0 Å². The van der Waals surface area contributed by atoms with Gasteiger partial charge < -0.3 is 14.9 Å². The predicted molar refractivity (Wildman–Crippen MR) is 95.8 cm³/mol. The number of halogens is 1. The van der Waals surface area contributed by atoms with Gasteiger partial charge in [-0.25, -0.2) is 0 Å². The molecular formula is C15H22BrN5OS. The molecule has 23 heavy (non-hydrogen) atoms. The Morgan fingerprint density at radius 2 is 2.26 bits per heavy atom. The summed E-state index contributed by atoms with van der Waals surface area (Å²) in [4.78, 5) is 14.8. The summed E-state index contributed by atoms with van der Waals surface area (Å²) in [6, 6.07) is 1.76. The van der Waals surface area contributed by atoms with Crippen LogP contribution < -0.4 is 5.32 Å². The van der Waals surface area contributed by atoms with Crippen LogP contribution in [0.15, 0.2) is 21.9 Å². The topological polar surface area (TPSA) is 75.6 Å². The fourth-order valence-corrected chi connectivity index (χ4v) is 3.11. The van der Waals surface area contributed by atoms with Gasteiger partial charge in [0.2, 0.25) is 0 Å². The summed E-state index contributed by atoms with van der Waals surface area (Å²) >= 11 is 4.93. The van der Waals surface area contributed by atoms with E-state index in [-0.39, 0.29) is 5.91 Å². The Labute approximate surface area is 149 Å². The van der Waals surface area contributed by atoms with Gasteiger partial charge in [0.1, 0.15) is 11.5 Å². The lowest BCUT2D eigenvalue weighted by Gasteiger charge is -2.11. The maximum atomic E-state index is 11.9. The summed E-state index contributed by atoms with van der Waals surface area (Å²) in [7, 11) is 0. The molecule has 2 aromatic rings. The van der Waals surface area contributed by atoms with Crippen LogP contribution in [-0.2, 0) is 13.0 Å². The first-order valence-corrected chi connectivity index (χ1v) is 9.61. The van der Waals surface area contributed by atoms with E-state index in [0.717, 1.165) is 34.8 Å². The molecule has 0 aliphatic carbocycles. The molecule has 6 nitrogen and oxygen atoms in total. The van der Waals surface area contributed by atoms with E-state index in [2.05, 4.69) is 54.8 Å². The van der Waals surface area contributed by atoms with Crippen LogP contribution in [0.25, 0.3) is 0 Å². The normalized spacial score (nSPS) is 11.2. The van der Waals surface area contributed by atoms with Crippen molar-refractivity contribution in [2.75, 3.05) is 12.8 Å². The second kappa shape index (κ2) is 8.54. The third-order valence-electron chi connectivity index (χ3n) is 3.28. The average molecular weight is 400 g/mol. The minimum atomic E-state index is -0.0934. The molecule has 0 spiro atoms. The third kappa shape index (κ3) is 5.10. The maximum Gasteiger partial charge on any atom is 0.267 e. The smallest absolute Gasteiger partial charge is 0.267 e. The molecule has 1 amide bonds. The summed E-state index contributed by atoms with van der Waals surface area (Å²) in [5, 5.41) is 12.4. The molecule has 0 unspecified atom stereocenters. The summed E-state index contributed by atoms with van der Waals surface area (Å²) in [6.07, 6.45) is 5.39. The van der Waals surface area contributed by atoms with E-state index in [1.807, 2.05) is 6.26 Å². The van der Waals surface area contributed by atoms with Gasteiger partial charge in [-0.2, -0.15) is 0 Å². The van der Waals surface area contributed by atoms with E-state index in [4.69, 9.17) is 0 Å². The molecule has 0 atom stereocenters. The fourth-order valence-electron chi connectivity index (χ4n) is 2.25. The minimum Gasteiger partial charge on any atom is -0.356 e. The molecule has 0 fully saturated rings. The number of aryl methyl sites for hydroxylation is 1. The van der Waals surface area contributed by atoms with Crippen molar-refractivity contribution in [3.63, 3.8) is 0 Å². The largest absolute Gasteiger partial charge is 0.356 e. The van der Waals surface area contributed by atoms with Crippen LogP contribution >= 0.6 is 27.7 Å². The van der Waals surface area contributed by atoms with Crippen LogP contribution in [0, 0.1) is 5.92 Å². The van der Waals surface area contributed by atoms with Crippen molar-refractivity contribution >= 4 is 33.6 Å². The lowest BCUT2D eigenvalue weighted by molar-refractivity contribution is 0.0949. The highest BCUT2D eigenvalue weighted by atomic mass is 79.9. The van der Waals surface area contributed by atoms with E-state index in [9.17, 15) is 4.79 Å². The van der Waals surface area contributed by atoms with Crippen molar-refractivity contribution in [3.8, 4) is 0 Å².